The maximum Gasteiger partial charge on any atom is 0.241 e. The third-order valence-electron chi connectivity index (χ3n) is 2.84. The SMILES string of the molecule is N#Cc1ccc(NC(=O)CNS(=O)(=O)c2ccc(Cl)cc2)cc1. The number of nitrogens with zero attached hydrogens (tertiary/aromatic N) is 1. The summed E-state index contributed by atoms with van der Waals surface area (Å²) in [5, 5.41) is 11.6. The molecular formula is C15H12ClN3O3S. The number of anilines is 1. The molecule has 0 heterocycles. The zero-order valence-corrected chi connectivity index (χ0v) is 13.4. The van der Waals surface area contributed by atoms with E-state index in [1.807, 2.05) is 6.07 Å². The number of hydrogen-bond acceptors (Lipinski definition) is 4. The Labute approximate surface area is 138 Å². The fraction of sp³-hybridized carbons (Fsp3) is 0.0667. The van der Waals surface area contributed by atoms with Crippen molar-refractivity contribution < 1.29 is 13.2 Å². The molecule has 2 N–H and O–H groups in total. The number of nitriles is 1. The molecule has 0 fully saturated rings. The van der Waals surface area contributed by atoms with Crippen LogP contribution in [-0.4, -0.2) is 20.9 Å². The van der Waals surface area contributed by atoms with Gasteiger partial charge in [0.2, 0.25) is 15.9 Å². The predicted molar refractivity (Wildman–Crippen MR) is 86.4 cm³/mol. The Morgan fingerprint density at radius 3 is 2.26 bits per heavy atom. The van der Waals surface area contributed by atoms with Crippen LogP contribution < -0.4 is 10.0 Å². The largest absolute Gasteiger partial charge is 0.325 e. The first-order valence-corrected chi connectivity index (χ1v) is 8.32. The molecule has 0 radical (unpaired) electrons. The second-order valence-electron chi connectivity index (χ2n) is 4.52. The van der Waals surface area contributed by atoms with Gasteiger partial charge in [-0.25, -0.2) is 13.1 Å². The number of halogens is 1. The van der Waals surface area contributed by atoms with Crippen LogP contribution in [0.1, 0.15) is 5.56 Å². The highest BCUT2D eigenvalue weighted by Crippen LogP contribution is 2.13. The van der Waals surface area contributed by atoms with Crippen LogP contribution in [0.25, 0.3) is 0 Å². The molecule has 8 heteroatoms. The van der Waals surface area contributed by atoms with Crippen molar-refractivity contribution in [1.29, 1.82) is 5.26 Å². The Bertz CT molecular complexity index is 841. The molecule has 118 valence electrons. The summed E-state index contributed by atoms with van der Waals surface area (Å²) in [6.07, 6.45) is 0. The Kier molecular flexibility index (Phi) is 5.34. The lowest BCUT2D eigenvalue weighted by Crippen LogP contribution is -2.32. The molecule has 0 saturated carbocycles. The third-order valence-corrected chi connectivity index (χ3v) is 4.51. The topological polar surface area (TPSA) is 99.1 Å². The number of carbonyl (C=O) groups is 1. The predicted octanol–water partition coefficient (Wildman–Crippen LogP) is 2.13. The highest BCUT2D eigenvalue weighted by molar-refractivity contribution is 7.89. The van der Waals surface area contributed by atoms with Crippen molar-refractivity contribution in [3.8, 4) is 6.07 Å². The van der Waals surface area contributed by atoms with E-state index in [2.05, 4.69) is 10.0 Å². The number of hydrogen-bond donors (Lipinski definition) is 2. The Hall–Kier alpha value is -2.40. The summed E-state index contributed by atoms with van der Waals surface area (Å²) < 4.78 is 26.2. The van der Waals surface area contributed by atoms with Gasteiger partial charge in [-0.15, -0.1) is 0 Å². The summed E-state index contributed by atoms with van der Waals surface area (Å²) in [6.45, 7) is -0.412. The van der Waals surface area contributed by atoms with Crippen LogP contribution in [0.5, 0.6) is 0 Å². The number of amides is 1. The van der Waals surface area contributed by atoms with E-state index >= 15 is 0 Å². The van der Waals surface area contributed by atoms with Gasteiger partial charge in [-0.1, -0.05) is 11.6 Å². The van der Waals surface area contributed by atoms with E-state index in [1.165, 1.54) is 24.3 Å². The molecule has 0 bridgehead atoms. The van der Waals surface area contributed by atoms with Gasteiger partial charge in [0.15, 0.2) is 0 Å². The van der Waals surface area contributed by atoms with Crippen LogP contribution in [0.2, 0.25) is 5.02 Å². The van der Waals surface area contributed by atoms with Gasteiger partial charge in [-0.05, 0) is 48.5 Å². The van der Waals surface area contributed by atoms with Crippen molar-refractivity contribution in [2.75, 3.05) is 11.9 Å². The van der Waals surface area contributed by atoms with E-state index in [0.29, 0.717) is 16.3 Å². The van der Waals surface area contributed by atoms with E-state index in [1.54, 1.807) is 24.3 Å². The van der Waals surface area contributed by atoms with E-state index in [0.717, 1.165) is 0 Å². The molecular weight excluding hydrogens is 338 g/mol. The summed E-state index contributed by atoms with van der Waals surface area (Å²) >= 11 is 5.70. The number of nitrogens with one attached hydrogen (secondary N) is 2. The standard InChI is InChI=1S/C15H12ClN3O3S/c16-12-3-7-14(8-4-12)23(21,22)18-10-15(20)19-13-5-1-11(9-17)2-6-13/h1-8,18H,10H2,(H,19,20). The molecule has 23 heavy (non-hydrogen) atoms. The molecule has 0 aliphatic rings. The van der Waals surface area contributed by atoms with Crippen molar-refractivity contribution >= 4 is 33.2 Å². The molecule has 0 spiro atoms. The monoisotopic (exact) mass is 349 g/mol. The molecule has 6 nitrogen and oxygen atoms in total. The first-order chi connectivity index (χ1) is 10.9. The van der Waals surface area contributed by atoms with E-state index < -0.39 is 22.5 Å². The quantitative estimate of drug-likeness (QED) is 0.863. The van der Waals surface area contributed by atoms with E-state index in [4.69, 9.17) is 16.9 Å². The third kappa shape index (κ3) is 4.79. The minimum atomic E-state index is -3.79. The molecule has 2 rings (SSSR count). The van der Waals surface area contributed by atoms with Crippen molar-refractivity contribution in [1.82, 2.24) is 4.72 Å². The van der Waals surface area contributed by atoms with Gasteiger partial charge < -0.3 is 5.32 Å². The number of sulfonamides is 1. The van der Waals surface area contributed by atoms with Crippen molar-refractivity contribution in [3.63, 3.8) is 0 Å². The summed E-state index contributed by atoms with van der Waals surface area (Å²) in [5.74, 6) is -0.521. The average Bonchev–Trinajstić information content (AvgIpc) is 2.54. The van der Waals surface area contributed by atoms with Gasteiger partial charge in [-0.3, -0.25) is 4.79 Å². The molecule has 1 amide bonds. The highest BCUT2D eigenvalue weighted by Gasteiger charge is 2.15. The molecule has 0 aliphatic carbocycles. The number of carbonyl (C=O) groups excluding carboxylic acids is 1. The van der Waals surface area contributed by atoms with Crippen LogP contribution in [0.3, 0.4) is 0 Å². The smallest absolute Gasteiger partial charge is 0.241 e. The van der Waals surface area contributed by atoms with Gasteiger partial charge in [0.25, 0.3) is 0 Å². The lowest BCUT2D eigenvalue weighted by atomic mass is 10.2. The molecule has 0 aromatic heterocycles. The minimum Gasteiger partial charge on any atom is -0.325 e. The van der Waals surface area contributed by atoms with Gasteiger partial charge in [0, 0.05) is 10.7 Å². The second-order valence-corrected chi connectivity index (χ2v) is 6.72. The van der Waals surface area contributed by atoms with E-state index in [9.17, 15) is 13.2 Å². The normalized spacial score (nSPS) is 10.8. The van der Waals surface area contributed by atoms with Gasteiger partial charge in [-0.2, -0.15) is 5.26 Å². The Morgan fingerprint density at radius 1 is 1.09 bits per heavy atom. The van der Waals surface area contributed by atoms with Gasteiger partial charge in [0.1, 0.15) is 0 Å². The summed E-state index contributed by atoms with van der Waals surface area (Å²) in [5.41, 5.74) is 0.936. The fourth-order valence-corrected chi connectivity index (χ4v) is 2.80. The van der Waals surface area contributed by atoms with Gasteiger partial charge in [0.05, 0.1) is 23.1 Å². The number of rotatable bonds is 5. The highest BCUT2D eigenvalue weighted by atomic mass is 35.5. The van der Waals surface area contributed by atoms with Crippen LogP contribution in [-0.2, 0) is 14.8 Å². The lowest BCUT2D eigenvalue weighted by Gasteiger charge is -2.08. The summed E-state index contributed by atoms with van der Waals surface area (Å²) in [4.78, 5) is 11.8. The molecule has 0 atom stereocenters. The molecule has 0 unspecified atom stereocenters. The summed E-state index contributed by atoms with van der Waals surface area (Å²) in [6, 6.07) is 13.8. The molecule has 0 aliphatic heterocycles. The van der Waals surface area contributed by atoms with E-state index in [-0.39, 0.29) is 4.90 Å². The van der Waals surface area contributed by atoms with Crippen molar-refractivity contribution in [2.45, 2.75) is 4.90 Å². The zero-order valence-electron chi connectivity index (χ0n) is 11.8. The van der Waals surface area contributed by atoms with Crippen LogP contribution in [0.15, 0.2) is 53.4 Å². The first kappa shape index (κ1) is 17.0. The fourth-order valence-electron chi connectivity index (χ4n) is 1.69. The van der Waals surface area contributed by atoms with Crippen LogP contribution in [0, 0.1) is 11.3 Å². The van der Waals surface area contributed by atoms with Gasteiger partial charge >= 0.3 is 0 Å². The van der Waals surface area contributed by atoms with Crippen LogP contribution >= 0.6 is 11.6 Å². The molecule has 0 saturated heterocycles. The Morgan fingerprint density at radius 2 is 1.70 bits per heavy atom. The van der Waals surface area contributed by atoms with Crippen molar-refractivity contribution in [3.05, 3.63) is 59.1 Å². The maximum atomic E-state index is 12.0. The van der Waals surface area contributed by atoms with Crippen molar-refractivity contribution in [2.24, 2.45) is 0 Å². The Balaban J connectivity index is 1.95. The minimum absolute atomic E-state index is 0.0214. The molecule has 2 aromatic rings. The lowest BCUT2D eigenvalue weighted by molar-refractivity contribution is -0.115. The first-order valence-electron chi connectivity index (χ1n) is 6.46. The summed E-state index contributed by atoms with van der Waals surface area (Å²) in [7, 11) is -3.79. The number of benzene rings is 2. The van der Waals surface area contributed by atoms with Crippen LogP contribution in [0.4, 0.5) is 5.69 Å². The maximum absolute atomic E-state index is 12.0. The molecule has 2 aromatic carbocycles. The second kappa shape index (κ2) is 7.24. The average molecular weight is 350 g/mol. The zero-order chi connectivity index (χ0) is 16.9.